The first-order valence-electron chi connectivity index (χ1n) is 6.00. The van der Waals surface area contributed by atoms with Crippen molar-refractivity contribution in [3.05, 3.63) is 28.8 Å². The average Bonchev–Trinajstić information content (AvgIpc) is 2.39. The molecule has 0 heterocycles. The minimum atomic E-state index is -0.0623. The Bertz CT molecular complexity index is 516. The Hall–Kier alpha value is -1.71. The molecule has 1 aliphatic carbocycles. The van der Waals surface area contributed by atoms with Gasteiger partial charge in [-0.1, -0.05) is 18.0 Å². The fourth-order valence-electron chi connectivity index (χ4n) is 2.22. The van der Waals surface area contributed by atoms with Crippen LogP contribution in [-0.2, 0) is 0 Å². The summed E-state index contributed by atoms with van der Waals surface area (Å²) in [5, 5.41) is 18.3. The predicted molar refractivity (Wildman–Crippen MR) is 68.2 cm³/mol. The van der Waals surface area contributed by atoms with E-state index in [2.05, 4.69) is 6.07 Å². The first kappa shape index (κ1) is 12.7. The van der Waals surface area contributed by atoms with Crippen molar-refractivity contribution < 1.29 is 4.74 Å². The highest BCUT2D eigenvalue weighted by molar-refractivity contribution is 6.31. The number of benzene rings is 1. The Kier molecular flexibility index (Phi) is 4.07. The lowest BCUT2D eigenvalue weighted by molar-refractivity contribution is 0.120. The minimum Gasteiger partial charge on any atom is -0.489 e. The summed E-state index contributed by atoms with van der Waals surface area (Å²) in [7, 11) is 0. The predicted octanol–water partition coefficient (Wildman–Crippen LogP) is 3.67. The summed E-state index contributed by atoms with van der Waals surface area (Å²) in [5.74, 6) is 0.583. The molecule has 0 aromatic heterocycles. The van der Waals surface area contributed by atoms with Crippen LogP contribution in [0.15, 0.2) is 18.2 Å². The van der Waals surface area contributed by atoms with Crippen LogP contribution < -0.4 is 4.74 Å². The molecule has 0 bridgehead atoms. The molecule has 2 atom stereocenters. The smallest absolute Gasteiger partial charge is 0.121 e. The number of halogens is 1. The second kappa shape index (κ2) is 5.76. The van der Waals surface area contributed by atoms with Crippen LogP contribution in [0.1, 0.15) is 31.2 Å². The van der Waals surface area contributed by atoms with Crippen LogP contribution in [0.25, 0.3) is 0 Å². The summed E-state index contributed by atoms with van der Waals surface area (Å²) in [4.78, 5) is 0. The first-order valence-corrected chi connectivity index (χ1v) is 6.38. The lowest BCUT2D eigenvalue weighted by Gasteiger charge is -2.27. The number of hydrogen-bond acceptors (Lipinski definition) is 3. The third kappa shape index (κ3) is 2.75. The molecule has 1 aliphatic rings. The Morgan fingerprint density at radius 3 is 2.67 bits per heavy atom. The van der Waals surface area contributed by atoms with Gasteiger partial charge in [-0.05, 0) is 31.4 Å². The molecule has 0 N–H and O–H groups in total. The van der Waals surface area contributed by atoms with Gasteiger partial charge in [-0.3, -0.25) is 0 Å². The fourth-order valence-corrected chi connectivity index (χ4v) is 2.43. The van der Waals surface area contributed by atoms with Crippen molar-refractivity contribution in [3.63, 3.8) is 0 Å². The largest absolute Gasteiger partial charge is 0.489 e. The van der Waals surface area contributed by atoms with Crippen LogP contribution in [0.2, 0.25) is 5.02 Å². The van der Waals surface area contributed by atoms with E-state index in [0.717, 1.165) is 25.7 Å². The van der Waals surface area contributed by atoms with Crippen molar-refractivity contribution in [1.29, 1.82) is 10.5 Å². The van der Waals surface area contributed by atoms with Crippen LogP contribution in [0.5, 0.6) is 5.75 Å². The van der Waals surface area contributed by atoms with Gasteiger partial charge in [0.1, 0.15) is 17.9 Å². The SMILES string of the molecule is N#Cc1ccc(OC2CCCCC2C#N)cc1Cl. The molecule has 18 heavy (non-hydrogen) atoms. The van der Waals surface area contributed by atoms with Gasteiger partial charge in [0.05, 0.1) is 22.6 Å². The highest BCUT2D eigenvalue weighted by atomic mass is 35.5. The van der Waals surface area contributed by atoms with Gasteiger partial charge in [0, 0.05) is 6.07 Å². The van der Waals surface area contributed by atoms with E-state index in [9.17, 15) is 0 Å². The average molecular weight is 261 g/mol. The number of nitrogens with zero attached hydrogens (tertiary/aromatic N) is 2. The zero-order valence-electron chi connectivity index (χ0n) is 9.90. The summed E-state index contributed by atoms with van der Waals surface area (Å²) in [6, 6.07) is 9.32. The monoisotopic (exact) mass is 260 g/mol. The summed E-state index contributed by atoms with van der Waals surface area (Å²) < 4.78 is 5.82. The summed E-state index contributed by atoms with van der Waals surface area (Å²) >= 11 is 5.95. The van der Waals surface area contributed by atoms with E-state index in [4.69, 9.17) is 26.9 Å². The minimum absolute atomic E-state index is 0.0480. The van der Waals surface area contributed by atoms with Crippen molar-refractivity contribution in [2.45, 2.75) is 31.8 Å². The molecule has 1 saturated carbocycles. The Morgan fingerprint density at radius 1 is 1.22 bits per heavy atom. The van der Waals surface area contributed by atoms with E-state index in [1.165, 1.54) is 0 Å². The van der Waals surface area contributed by atoms with Crippen LogP contribution in [-0.4, -0.2) is 6.10 Å². The van der Waals surface area contributed by atoms with Gasteiger partial charge in [0.2, 0.25) is 0 Å². The molecular weight excluding hydrogens is 248 g/mol. The molecule has 2 unspecified atom stereocenters. The summed E-state index contributed by atoms with van der Waals surface area (Å²) in [6.45, 7) is 0. The lowest BCUT2D eigenvalue weighted by Crippen LogP contribution is -2.29. The number of ether oxygens (including phenoxy) is 1. The molecule has 92 valence electrons. The highest BCUT2D eigenvalue weighted by Crippen LogP contribution is 2.29. The van der Waals surface area contributed by atoms with Gasteiger partial charge in [-0.15, -0.1) is 0 Å². The van der Waals surface area contributed by atoms with Crippen molar-refractivity contribution >= 4 is 11.6 Å². The summed E-state index contributed by atoms with van der Waals surface area (Å²) in [5.41, 5.74) is 0.435. The number of rotatable bonds is 2. The maximum absolute atomic E-state index is 9.08. The molecular formula is C14H13ClN2O. The van der Waals surface area contributed by atoms with Crippen LogP contribution in [0.3, 0.4) is 0 Å². The van der Waals surface area contributed by atoms with Crippen molar-refractivity contribution in [2.75, 3.05) is 0 Å². The Labute approximate surface area is 112 Å². The third-order valence-electron chi connectivity index (χ3n) is 3.22. The van der Waals surface area contributed by atoms with Gasteiger partial charge in [0.25, 0.3) is 0 Å². The highest BCUT2D eigenvalue weighted by Gasteiger charge is 2.26. The first-order chi connectivity index (χ1) is 8.74. The molecule has 3 nitrogen and oxygen atoms in total. The number of nitriles is 2. The van der Waals surface area contributed by atoms with Crippen molar-refractivity contribution in [2.24, 2.45) is 5.92 Å². The third-order valence-corrected chi connectivity index (χ3v) is 3.53. The zero-order valence-corrected chi connectivity index (χ0v) is 10.7. The molecule has 2 rings (SSSR count). The molecule has 0 aliphatic heterocycles. The van der Waals surface area contributed by atoms with E-state index in [1.807, 2.05) is 6.07 Å². The Morgan fingerprint density at radius 2 is 2.00 bits per heavy atom. The molecule has 0 amide bonds. The molecule has 0 saturated heterocycles. The molecule has 1 fully saturated rings. The maximum atomic E-state index is 9.08. The quantitative estimate of drug-likeness (QED) is 0.815. The van der Waals surface area contributed by atoms with Crippen molar-refractivity contribution in [3.8, 4) is 17.9 Å². The van der Waals surface area contributed by atoms with Gasteiger partial charge in [0.15, 0.2) is 0 Å². The van der Waals surface area contributed by atoms with E-state index in [0.29, 0.717) is 16.3 Å². The molecule has 0 spiro atoms. The van der Waals surface area contributed by atoms with E-state index < -0.39 is 0 Å². The fraction of sp³-hybridized carbons (Fsp3) is 0.429. The van der Waals surface area contributed by atoms with Crippen LogP contribution in [0.4, 0.5) is 0 Å². The molecule has 1 aromatic carbocycles. The van der Waals surface area contributed by atoms with E-state index in [1.54, 1.807) is 18.2 Å². The summed E-state index contributed by atoms with van der Waals surface area (Å²) in [6.07, 6.45) is 3.91. The van der Waals surface area contributed by atoms with Gasteiger partial charge in [-0.2, -0.15) is 10.5 Å². The van der Waals surface area contributed by atoms with E-state index >= 15 is 0 Å². The lowest BCUT2D eigenvalue weighted by atomic mass is 9.87. The van der Waals surface area contributed by atoms with Gasteiger partial charge >= 0.3 is 0 Å². The molecule has 4 heteroatoms. The van der Waals surface area contributed by atoms with Crippen LogP contribution >= 0.6 is 11.6 Å². The zero-order chi connectivity index (χ0) is 13.0. The Balaban J connectivity index is 2.11. The van der Waals surface area contributed by atoms with Gasteiger partial charge < -0.3 is 4.74 Å². The number of hydrogen-bond donors (Lipinski definition) is 0. The normalized spacial score (nSPS) is 22.8. The maximum Gasteiger partial charge on any atom is 0.121 e. The van der Waals surface area contributed by atoms with E-state index in [-0.39, 0.29) is 12.0 Å². The van der Waals surface area contributed by atoms with Gasteiger partial charge in [-0.25, -0.2) is 0 Å². The van der Waals surface area contributed by atoms with Crippen LogP contribution in [0, 0.1) is 28.6 Å². The topological polar surface area (TPSA) is 56.8 Å². The second-order valence-corrected chi connectivity index (χ2v) is 4.84. The molecule has 1 aromatic rings. The molecule has 0 radical (unpaired) electrons. The standard InChI is InChI=1S/C14H13ClN2O/c15-13-7-12(6-5-10(13)8-16)18-14-4-2-1-3-11(14)9-17/h5-7,11,14H,1-4H2. The van der Waals surface area contributed by atoms with Crippen molar-refractivity contribution in [1.82, 2.24) is 0 Å². The second-order valence-electron chi connectivity index (χ2n) is 4.43.